The van der Waals surface area contributed by atoms with Crippen molar-refractivity contribution in [2.45, 2.75) is 6.54 Å². The fraction of sp³-hybridized carbons (Fsp3) is 0.286. The number of aromatic nitrogens is 4. The van der Waals surface area contributed by atoms with Crippen LogP contribution < -0.4 is 5.32 Å². The number of halogens is 1. The third-order valence-corrected chi connectivity index (χ3v) is 1.87. The molecule has 1 N–H and O–H groups in total. The monoisotopic (exact) mass is 213 g/mol. The molecule has 0 saturated heterocycles. The van der Waals surface area contributed by atoms with E-state index in [4.69, 9.17) is 16.0 Å². The van der Waals surface area contributed by atoms with E-state index < -0.39 is 0 Å². The molecule has 0 fully saturated rings. The summed E-state index contributed by atoms with van der Waals surface area (Å²) < 4.78 is 6.68. The van der Waals surface area contributed by atoms with Gasteiger partial charge in [0, 0.05) is 7.05 Å². The van der Waals surface area contributed by atoms with Crippen LogP contribution in [0.1, 0.15) is 5.76 Å². The highest BCUT2D eigenvalue weighted by Crippen LogP contribution is 2.13. The summed E-state index contributed by atoms with van der Waals surface area (Å²) in [5.41, 5.74) is 0. The smallest absolute Gasteiger partial charge is 0.243 e. The maximum atomic E-state index is 5.61. The molecular weight excluding hydrogens is 206 g/mol. The summed E-state index contributed by atoms with van der Waals surface area (Å²) >= 11 is 5.61. The Balaban J connectivity index is 1.98. The molecule has 0 aliphatic carbocycles. The molecule has 2 rings (SSSR count). The third kappa shape index (κ3) is 1.85. The van der Waals surface area contributed by atoms with Crippen molar-refractivity contribution in [3.63, 3.8) is 0 Å². The van der Waals surface area contributed by atoms with Crippen LogP contribution in [0.15, 0.2) is 16.5 Å². The van der Waals surface area contributed by atoms with Gasteiger partial charge < -0.3 is 9.73 Å². The summed E-state index contributed by atoms with van der Waals surface area (Å²) in [5, 5.41) is 14.3. The van der Waals surface area contributed by atoms with Gasteiger partial charge in [0.15, 0.2) is 5.22 Å². The molecule has 0 aliphatic heterocycles. The number of rotatable bonds is 3. The maximum absolute atomic E-state index is 5.61. The van der Waals surface area contributed by atoms with Gasteiger partial charge in [0.2, 0.25) is 5.95 Å². The van der Waals surface area contributed by atoms with Gasteiger partial charge >= 0.3 is 0 Å². The van der Waals surface area contributed by atoms with Crippen molar-refractivity contribution in [2.24, 2.45) is 7.05 Å². The Bertz CT molecular complexity index is 423. The van der Waals surface area contributed by atoms with Gasteiger partial charge in [0.1, 0.15) is 5.76 Å². The molecule has 14 heavy (non-hydrogen) atoms. The zero-order valence-corrected chi connectivity index (χ0v) is 8.19. The molecule has 0 saturated carbocycles. The molecule has 0 spiro atoms. The van der Waals surface area contributed by atoms with E-state index >= 15 is 0 Å². The van der Waals surface area contributed by atoms with Crippen LogP contribution in [0.3, 0.4) is 0 Å². The molecule has 6 nitrogen and oxygen atoms in total. The van der Waals surface area contributed by atoms with E-state index in [-0.39, 0.29) is 0 Å². The van der Waals surface area contributed by atoms with E-state index in [1.807, 2.05) is 0 Å². The van der Waals surface area contributed by atoms with E-state index in [1.54, 1.807) is 19.2 Å². The second kappa shape index (κ2) is 3.67. The predicted molar refractivity (Wildman–Crippen MR) is 49.8 cm³/mol. The van der Waals surface area contributed by atoms with Crippen LogP contribution in [-0.2, 0) is 13.6 Å². The van der Waals surface area contributed by atoms with Crippen LogP contribution in [0.2, 0.25) is 5.22 Å². The highest BCUT2D eigenvalue weighted by Gasteiger charge is 2.03. The van der Waals surface area contributed by atoms with E-state index in [2.05, 4.69) is 20.8 Å². The quantitative estimate of drug-likeness (QED) is 0.826. The molecule has 0 unspecified atom stereocenters. The van der Waals surface area contributed by atoms with Crippen molar-refractivity contribution in [1.82, 2.24) is 20.2 Å². The van der Waals surface area contributed by atoms with Crippen LogP contribution in [0.5, 0.6) is 0 Å². The van der Waals surface area contributed by atoms with Crippen LogP contribution in [0, 0.1) is 0 Å². The summed E-state index contributed by atoms with van der Waals surface area (Å²) in [7, 11) is 1.75. The lowest BCUT2D eigenvalue weighted by molar-refractivity contribution is 0.519. The van der Waals surface area contributed by atoms with E-state index in [0.29, 0.717) is 17.7 Å². The normalized spacial score (nSPS) is 10.4. The summed E-state index contributed by atoms with van der Waals surface area (Å²) in [6.45, 7) is 0.501. The Morgan fingerprint density at radius 2 is 2.43 bits per heavy atom. The lowest BCUT2D eigenvalue weighted by atomic mass is 10.4. The fourth-order valence-corrected chi connectivity index (χ4v) is 1.15. The first-order chi connectivity index (χ1) is 6.75. The van der Waals surface area contributed by atoms with Crippen molar-refractivity contribution >= 4 is 17.5 Å². The Morgan fingerprint density at radius 1 is 1.57 bits per heavy atom. The third-order valence-electron chi connectivity index (χ3n) is 1.67. The van der Waals surface area contributed by atoms with Crippen LogP contribution in [-0.4, -0.2) is 20.2 Å². The van der Waals surface area contributed by atoms with Crippen molar-refractivity contribution in [1.29, 1.82) is 0 Å². The zero-order chi connectivity index (χ0) is 9.97. The summed E-state index contributed by atoms with van der Waals surface area (Å²) in [6, 6.07) is 3.48. The lowest BCUT2D eigenvalue weighted by Gasteiger charge is -2.00. The molecule has 0 radical (unpaired) electrons. The van der Waals surface area contributed by atoms with Crippen molar-refractivity contribution in [3.05, 3.63) is 23.1 Å². The molecule has 7 heteroatoms. The molecule has 2 aromatic heterocycles. The maximum Gasteiger partial charge on any atom is 0.243 e. The standard InChI is InChI=1S/C7H8ClN5O/c1-13-7(10-11-12-13)9-4-5-2-3-6(8)14-5/h2-3H,4H2,1H3,(H,9,10,12). The summed E-state index contributed by atoms with van der Waals surface area (Å²) in [5.74, 6) is 1.32. The van der Waals surface area contributed by atoms with Gasteiger partial charge in [-0.1, -0.05) is 5.10 Å². The van der Waals surface area contributed by atoms with Crippen molar-refractivity contribution in [3.8, 4) is 0 Å². The molecule has 0 atom stereocenters. The van der Waals surface area contributed by atoms with Crippen molar-refractivity contribution in [2.75, 3.05) is 5.32 Å². The summed E-state index contributed by atoms with van der Waals surface area (Å²) in [4.78, 5) is 0. The van der Waals surface area contributed by atoms with E-state index in [9.17, 15) is 0 Å². The van der Waals surface area contributed by atoms with Crippen LogP contribution in [0.25, 0.3) is 0 Å². The molecule has 0 aliphatic rings. The average Bonchev–Trinajstić information content (AvgIpc) is 2.72. The fourth-order valence-electron chi connectivity index (χ4n) is 0.992. The molecule has 74 valence electrons. The number of nitrogens with zero attached hydrogens (tertiary/aromatic N) is 4. The Hall–Kier alpha value is -1.56. The number of tetrazole rings is 1. The average molecular weight is 214 g/mol. The van der Waals surface area contributed by atoms with Crippen molar-refractivity contribution < 1.29 is 4.42 Å². The van der Waals surface area contributed by atoms with Gasteiger partial charge in [-0.15, -0.1) is 0 Å². The molecular formula is C7H8ClN5O. The van der Waals surface area contributed by atoms with Gasteiger partial charge in [-0.25, -0.2) is 4.68 Å². The Morgan fingerprint density at radius 3 is 3.00 bits per heavy atom. The topological polar surface area (TPSA) is 68.8 Å². The molecule has 0 aromatic carbocycles. The van der Waals surface area contributed by atoms with Gasteiger partial charge in [-0.3, -0.25) is 0 Å². The van der Waals surface area contributed by atoms with Gasteiger partial charge in [0.25, 0.3) is 0 Å². The van der Waals surface area contributed by atoms with Gasteiger partial charge in [0.05, 0.1) is 6.54 Å². The lowest BCUT2D eigenvalue weighted by Crippen LogP contribution is -2.04. The molecule has 0 amide bonds. The second-order valence-electron chi connectivity index (χ2n) is 2.69. The second-order valence-corrected chi connectivity index (χ2v) is 3.06. The first-order valence-corrected chi connectivity index (χ1v) is 4.34. The number of anilines is 1. The predicted octanol–water partition coefficient (Wildman–Crippen LogP) is 1.07. The van der Waals surface area contributed by atoms with Gasteiger partial charge in [-0.05, 0) is 34.2 Å². The molecule has 0 bridgehead atoms. The van der Waals surface area contributed by atoms with Crippen LogP contribution in [0.4, 0.5) is 5.95 Å². The number of hydrogen-bond donors (Lipinski definition) is 1. The number of hydrogen-bond acceptors (Lipinski definition) is 5. The largest absolute Gasteiger partial charge is 0.448 e. The summed E-state index contributed by atoms with van der Waals surface area (Å²) in [6.07, 6.45) is 0. The number of aryl methyl sites for hydroxylation is 1. The molecule has 2 aromatic rings. The molecule has 2 heterocycles. The SMILES string of the molecule is Cn1nnnc1NCc1ccc(Cl)o1. The highest BCUT2D eigenvalue weighted by molar-refractivity contribution is 6.28. The number of furan rings is 1. The Labute approximate surface area is 84.8 Å². The van der Waals surface area contributed by atoms with E-state index in [1.165, 1.54) is 4.68 Å². The highest BCUT2D eigenvalue weighted by atomic mass is 35.5. The first kappa shape index (κ1) is 9.01. The van der Waals surface area contributed by atoms with E-state index in [0.717, 1.165) is 5.76 Å². The Kier molecular flexibility index (Phi) is 2.36. The minimum Gasteiger partial charge on any atom is -0.448 e. The van der Waals surface area contributed by atoms with Gasteiger partial charge in [-0.2, -0.15) is 0 Å². The first-order valence-electron chi connectivity index (χ1n) is 3.96. The van der Waals surface area contributed by atoms with Crippen LogP contribution >= 0.6 is 11.6 Å². The minimum absolute atomic E-state index is 0.373. The number of nitrogens with one attached hydrogen (secondary N) is 1. The minimum atomic E-state index is 0.373. The zero-order valence-electron chi connectivity index (χ0n) is 7.44.